The maximum absolute atomic E-state index is 12.2. The van der Waals surface area contributed by atoms with Crippen LogP contribution in [0.15, 0.2) is 30.0 Å². The third-order valence-electron chi connectivity index (χ3n) is 3.04. The van der Waals surface area contributed by atoms with E-state index in [9.17, 15) is 14.9 Å². The third kappa shape index (κ3) is 2.39. The summed E-state index contributed by atoms with van der Waals surface area (Å²) in [6.45, 7) is 2.34. The number of hydrogen-bond donors (Lipinski definition) is 0. The van der Waals surface area contributed by atoms with E-state index in [2.05, 4.69) is 0 Å². The monoisotopic (exact) mass is 291 g/mol. The van der Waals surface area contributed by atoms with Crippen molar-refractivity contribution < 1.29 is 9.72 Å². The topological polar surface area (TPSA) is 66.7 Å². The van der Waals surface area contributed by atoms with Crippen molar-refractivity contribution in [2.24, 2.45) is 0 Å². The summed E-state index contributed by atoms with van der Waals surface area (Å²) in [5.41, 5.74) is 0.995. The average molecular weight is 291 g/mol. The van der Waals surface area contributed by atoms with Crippen molar-refractivity contribution in [3.05, 3.63) is 45.6 Å². The summed E-state index contributed by atoms with van der Waals surface area (Å²) in [6.07, 6.45) is 1.61. The Bertz CT molecular complexity index is 627. The van der Waals surface area contributed by atoms with E-state index in [1.54, 1.807) is 30.2 Å². The minimum absolute atomic E-state index is 0.0117. The van der Waals surface area contributed by atoms with Gasteiger partial charge in [-0.3, -0.25) is 19.8 Å². The quantitative estimate of drug-likeness (QED) is 0.369. The van der Waals surface area contributed by atoms with Gasteiger partial charge < -0.3 is 4.90 Å². The van der Waals surface area contributed by atoms with Crippen LogP contribution in [-0.2, 0) is 4.79 Å². The highest BCUT2D eigenvalue weighted by molar-refractivity contribution is 7.80. The fourth-order valence-electron chi connectivity index (χ4n) is 1.98. The van der Waals surface area contributed by atoms with Crippen LogP contribution in [0.1, 0.15) is 12.5 Å². The van der Waals surface area contributed by atoms with Crippen LogP contribution in [0.3, 0.4) is 0 Å². The molecule has 0 unspecified atom stereocenters. The second-order valence-corrected chi connectivity index (χ2v) is 4.64. The molecule has 104 valence electrons. The molecule has 1 saturated heterocycles. The van der Waals surface area contributed by atoms with Gasteiger partial charge in [-0.1, -0.05) is 12.1 Å². The summed E-state index contributed by atoms with van der Waals surface area (Å²) >= 11 is 5.18. The second kappa shape index (κ2) is 5.38. The van der Waals surface area contributed by atoms with Crippen LogP contribution in [0.4, 0.5) is 5.69 Å². The Morgan fingerprint density at radius 1 is 1.45 bits per heavy atom. The van der Waals surface area contributed by atoms with Crippen LogP contribution in [0, 0.1) is 10.1 Å². The average Bonchev–Trinajstić information content (AvgIpc) is 2.63. The number of thiocarbonyl (C=S) groups is 1. The van der Waals surface area contributed by atoms with E-state index < -0.39 is 4.92 Å². The summed E-state index contributed by atoms with van der Waals surface area (Å²) in [7, 11) is 1.71. The first-order valence-electron chi connectivity index (χ1n) is 6.01. The summed E-state index contributed by atoms with van der Waals surface area (Å²) in [5, 5.41) is 11.2. The summed E-state index contributed by atoms with van der Waals surface area (Å²) in [5.74, 6) is -0.188. The number of non-ortho nitro benzene ring substituents is 1. The lowest BCUT2D eigenvalue weighted by atomic mass is 10.1. The van der Waals surface area contributed by atoms with Gasteiger partial charge in [0, 0.05) is 25.7 Å². The number of amides is 1. The van der Waals surface area contributed by atoms with Gasteiger partial charge in [0.1, 0.15) is 5.70 Å². The second-order valence-electron chi connectivity index (χ2n) is 4.27. The van der Waals surface area contributed by atoms with Gasteiger partial charge in [-0.2, -0.15) is 0 Å². The van der Waals surface area contributed by atoms with Crippen LogP contribution >= 0.6 is 12.2 Å². The van der Waals surface area contributed by atoms with Crippen LogP contribution < -0.4 is 0 Å². The minimum atomic E-state index is -0.467. The zero-order valence-corrected chi connectivity index (χ0v) is 11.9. The zero-order chi connectivity index (χ0) is 14.9. The molecule has 2 rings (SSSR count). The molecule has 1 fully saturated rings. The van der Waals surface area contributed by atoms with E-state index in [4.69, 9.17) is 12.2 Å². The number of nitrogens with zero attached hydrogens (tertiary/aromatic N) is 3. The maximum atomic E-state index is 12.2. The molecule has 1 amide bonds. The van der Waals surface area contributed by atoms with Crippen LogP contribution in [0.25, 0.3) is 6.08 Å². The van der Waals surface area contributed by atoms with Crippen molar-refractivity contribution in [2.45, 2.75) is 6.92 Å². The SMILES string of the molecule is CCN1C(=O)/C(=C/c2cccc([N+](=O)[O-])c2)N(C)C1=S. The molecule has 6 nitrogen and oxygen atoms in total. The molecule has 1 aliphatic rings. The Labute approximate surface area is 121 Å². The Morgan fingerprint density at radius 2 is 2.15 bits per heavy atom. The number of benzene rings is 1. The number of nitro groups is 1. The Kier molecular flexibility index (Phi) is 3.80. The van der Waals surface area contributed by atoms with Gasteiger partial charge in [-0.15, -0.1) is 0 Å². The smallest absolute Gasteiger partial charge is 0.276 e. The van der Waals surface area contributed by atoms with Crippen molar-refractivity contribution in [3.63, 3.8) is 0 Å². The molecule has 20 heavy (non-hydrogen) atoms. The first-order valence-corrected chi connectivity index (χ1v) is 6.42. The molecule has 1 heterocycles. The molecule has 1 aromatic carbocycles. The van der Waals surface area contributed by atoms with Gasteiger partial charge in [0.2, 0.25) is 0 Å². The van der Waals surface area contributed by atoms with Crippen LogP contribution in [0.2, 0.25) is 0 Å². The molecule has 7 heteroatoms. The van der Waals surface area contributed by atoms with Crippen LogP contribution in [-0.4, -0.2) is 39.3 Å². The first-order chi connectivity index (χ1) is 9.45. The van der Waals surface area contributed by atoms with Crippen molar-refractivity contribution in [3.8, 4) is 0 Å². The Hall–Kier alpha value is -2.28. The molecule has 0 aromatic heterocycles. The van der Waals surface area contributed by atoms with Crippen molar-refractivity contribution in [2.75, 3.05) is 13.6 Å². The molecular formula is C13H13N3O3S. The van der Waals surface area contributed by atoms with E-state index in [0.29, 0.717) is 22.9 Å². The fraction of sp³-hybridized carbons (Fsp3) is 0.231. The van der Waals surface area contributed by atoms with Crippen LogP contribution in [0.5, 0.6) is 0 Å². The molecule has 0 N–H and O–H groups in total. The van der Waals surface area contributed by atoms with Gasteiger partial charge in [0.15, 0.2) is 5.11 Å². The van der Waals surface area contributed by atoms with E-state index in [-0.39, 0.29) is 11.6 Å². The van der Waals surface area contributed by atoms with Gasteiger partial charge in [0.05, 0.1) is 4.92 Å². The number of carbonyl (C=O) groups is 1. The Balaban J connectivity index is 2.40. The number of carbonyl (C=O) groups excluding carboxylic acids is 1. The Morgan fingerprint density at radius 3 is 2.70 bits per heavy atom. The molecular weight excluding hydrogens is 278 g/mol. The predicted molar refractivity (Wildman–Crippen MR) is 78.8 cm³/mol. The van der Waals surface area contributed by atoms with Crippen molar-refractivity contribution in [1.29, 1.82) is 0 Å². The van der Waals surface area contributed by atoms with Gasteiger partial charge in [-0.25, -0.2) is 0 Å². The molecule has 0 bridgehead atoms. The lowest BCUT2D eigenvalue weighted by Gasteiger charge is -2.13. The number of hydrogen-bond acceptors (Lipinski definition) is 4. The number of nitro benzene ring substituents is 1. The maximum Gasteiger partial charge on any atom is 0.276 e. The standard InChI is InChI=1S/C13H13N3O3S/c1-3-15-12(17)11(14(2)13(15)20)8-9-5-4-6-10(7-9)16(18)19/h4-8H,3H2,1-2H3/b11-8-. The molecule has 1 aromatic rings. The molecule has 0 atom stereocenters. The lowest BCUT2D eigenvalue weighted by Crippen LogP contribution is -2.30. The summed E-state index contributed by atoms with van der Waals surface area (Å²) in [4.78, 5) is 25.6. The highest BCUT2D eigenvalue weighted by Gasteiger charge is 2.34. The summed E-state index contributed by atoms with van der Waals surface area (Å²) < 4.78 is 0. The lowest BCUT2D eigenvalue weighted by molar-refractivity contribution is -0.384. The van der Waals surface area contributed by atoms with E-state index >= 15 is 0 Å². The number of rotatable bonds is 3. The van der Waals surface area contributed by atoms with Crippen molar-refractivity contribution in [1.82, 2.24) is 9.80 Å². The van der Waals surface area contributed by atoms with E-state index in [1.165, 1.54) is 17.0 Å². The van der Waals surface area contributed by atoms with E-state index in [0.717, 1.165) is 0 Å². The fourth-order valence-corrected chi connectivity index (χ4v) is 2.29. The third-order valence-corrected chi connectivity index (χ3v) is 3.54. The number of likely N-dealkylation sites (N-methyl/N-ethyl adjacent to an activating group) is 2. The van der Waals surface area contributed by atoms with Gasteiger partial charge in [-0.05, 0) is 30.8 Å². The van der Waals surface area contributed by atoms with Gasteiger partial charge in [0.25, 0.3) is 11.6 Å². The van der Waals surface area contributed by atoms with E-state index in [1.807, 2.05) is 6.92 Å². The zero-order valence-electron chi connectivity index (χ0n) is 11.1. The molecule has 0 saturated carbocycles. The predicted octanol–water partition coefficient (Wildman–Crippen LogP) is 2.01. The van der Waals surface area contributed by atoms with Gasteiger partial charge >= 0.3 is 0 Å². The largest absolute Gasteiger partial charge is 0.317 e. The first kappa shape index (κ1) is 14.1. The molecule has 0 radical (unpaired) electrons. The normalized spacial score (nSPS) is 17.2. The molecule has 0 spiro atoms. The minimum Gasteiger partial charge on any atom is -0.317 e. The molecule has 0 aliphatic carbocycles. The summed E-state index contributed by atoms with van der Waals surface area (Å²) in [6, 6.07) is 6.12. The highest BCUT2D eigenvalue weighted by atomic mass is 32.1. The molecule has 1 aliphatic heterocycles. The highest BCUT2D eigenvalue weighted by Crippen LogP contribution is 2.23. The van der Waals surface area contributed by atoms with Crippen molar-refractivity contribution >= 4 is 35.0 Å².